The van der Waals surface area contributed by atoms with E-state index < -0.39 is 0 Å². The molecule has 0 saturated carbocycles. The van der Waals surface area contributed by atoms with Crippen LogP contribution in [0.15, 0.2) is 48.7 Å². The zero-order valence-electron chi connectivity index (χ0n) is 15.9. The highest BCUT2D eigenvalue weighted by molar-refractivity contribution is 5.96. The Morgan fingerprint density at radius 3 is 2.71 bits per heavy atom. The van der Waals surface area contributed by atoms with Crippen LogP contribution in [0.4, 0.5) is 0 Å². The Kier molecular flexibility index (Phi) is 5.03. The number of phenolic OH excluding ortho intramolecular Hbond substituents is 1. The molecule has 0 radical (unpaired) electrons. The van der Waals surface area contributed by atoms with Crippen molar-refractivity contribution in [2.75, 3.05) is 19.6 Å². The van der Waals surface area contributed by atoms with Crippen molar-refractivity contribution in [3.63, 3.8) is 0 Å². The summed E-state index contributed by atoms with van der Waals surface area (Å²) in [6.07, 6.45) is 4.96. The molecule has 1 aromatic heterocycles. The summed E-state index contributed by atoms with van der Waals surface area (Å²) in [7, 11) is 0. The summed E-state index contributed by atoms with van der Waals surface area (Å²) in [6, 6.07) is 12.4. The maximum atomic E-state index is 13.0. The number of piperidine rings is 2. The lowest BCUT2D eigenvalue weighted by molar-refractivity contribution is -0.139. The van der Waals surface area contributed by atoms with Crippen molar-refractivity contribution in [1.29, 1.82) is 0 Å². The zero-order chi connectivity index (χ0) is 19.6. The van der Waals surface area contributed by atoms with Crippen LogP contribution in [0.1, 0.15) is 41.7 Å². The molecule has 2 aliphatic heterocycles. The van der Waals surface area contributed by atoms with Crippen molar-refractivity contribution >= 4 is 11.8 Å². The molecule has 6 nitrogen and oxygen atoms in total. The molecule has 1 atom stereocenters. The molecule has 1 N–H and O–H groups in total. The van der Waals surface area contributed by atoms with Crippen molar-refractivity contribution in [1.82, 2.24) is 14.8 Å². The average Bonchev–Trinajstić information content (AvgIpc) is 2.72. The molecule has 2 fully saturated rings. The second-order valence-corrected chi connectivity index (χ2v) is 7.92. The van der Waals surface area contributed by atoms with Crippen molar-refractivity contribution in [3.05, 3.63) is 59.9 Å². The summed E-state index contributed by atoms with van der Waals surface area (Å²) < 4.78 is 0. The van der Waals surface area contributed by atoms with Gasteiger partial charge in [0, 0.05) is 37.7 Å². The molecular formula is C22H25N3O3. The second-order valence-electron chi connectivity index (χ2n) is 7.92. The van der Waals surface area contributed by atoms with Gasteiger partial charge in [-0.2, -0.15) is 0 Å². The molecule has 0 bridgehead atoms. The lowest BCUT2D eigenvalue weighted by Gasteiger charge is -2.48. The number of nitrogens with zero attached hydrogens (tertiary/aromatic N) is 3. The summed E-state index contributed by atoms with van der Waals surface area (Å²) >= 11 is 0. The SMILES string of the molecule is O=C1CC[C@@]2(CCCN(C(=O)c3ccccc3O)C2)CN1Cc1ccccn1. The van der Waals surface area contributed by atoms with Gasteiger partial charge in [0.2, 0.25) is 5.91 Å². The van der Waals surface area contributed by atoms with Gasteiger partial charge in [0.25, 0.3) is 5.91 Å². The number of aromatic nitrogens is 1. The highest BCUT2D eigenvalue weighted by Gasteiger charge is 2.43. The number of hydrogen-bond donors (Lipinski definition) is 1. The fourth-order valence-corrected chi connectivity index (χ4v) is 4.47. The summed E-state index contributed by atoms with van der Waals surface area (Å²) in [5.74, 6) is 0.0357. The summed E-state index contributed by atoms with van der Waals surface area (Å²) in [5, 5.41) is 10.0. The molecule has 4 rings (SSSR count). The monoisotopic (exact) mass is 379 g/mol. The van der Waals surface area contributed by atoms with E-state index in [2.05, 4.69) is 4.98 Å². The standard InChI is InChI=1S/C22H25N3O3/c26-19-8-2-1-7-18(19)21(28)24-13-5-10-22(15-24)11-9-20(27)25(16-22)14-17-6-3-4-12-23-17/h1-4,6-8,12,26H,5,9-11,13-16H2/t22-/m1/s1. The van der Waals surface area contributed by atoms with E-state index >= 15 is 0 Å². The maximum absolute atomic E-state index is 13.0. The van der Waals surface area contributed by atoms with Crippen molar-refractivity contribution in [2.24, 2.45) is 5.41 Å². The molecule has 2 aromatic rings. The molecule has 1 aromatic carbocycles. The van der Waals surface area contributed by atoms with E-state index in [4.69, 9.17) is 0 Å². The Morgan fingerprint density at radius 1 is 1.11 bits per heavy atom. The Hall–Kier alpha value is -2.89. The van der Waals surface area contributed by atoms with E-state index in [1.165, 1.54) is 0 Å². The van der Waals surface area contributed by atoms with E-state index in [0.717, 1.165) is 25.0 Å². The van der Waals surface area contributed by atoms with Crippen LogP contribution in [0.2, 0.25) is 0 Å². The zero-order valence-corrected chi connectivity index (χ0v) is 15.9. The van der Waals surface area contributed by atoms with E-state index in [-0.39, 0.29) is 23.0 Å². The van der Waals surface area contributed by atoms with Crippen LogP contribution < -0.4 is 0 Å². The van der Waals surface area contributed by atoms with Gasteiger partial charge in [-0.15, -0.1) is 0 Å². The quantitative estimate of drug-likeness (QED) is 0.890. The largest absolute Gasteiger partial charge is 0.507 e. The fraction of sp³-hybridized carbons (Fsp3) is 0.409. The minimum atomic E-state index is -0.134. The summed E-state index contributed by atoms with van der Waals surface area (Å²) in [6.45, 7) is 2.46. The first-order valence-electron chi connectivity index (χ1n) is 9.81. The number of hydrogen-bond acceptors (Lipinski definition) is 4. The summed E-state index contributed by atoms with van der Waals surface area (Å²) in [4.78, 5) is 33.5. The molecule has 1 spiro atoms. The Labute approximate surface area is 164 Å². The summed E-state index contributed by atoms with van der Waals surface area (Å²) in [5.41, 5.74) is 1.14. The molecule has 2 amide bonds. The van der Waals surface area contributed by atoms with Crippen molar-refractivity contribution < 1.29 is 14.7 Å². The normalized spacial score (nSPS) is 22.5. The highest BCUT2D eigenvalue weighted by atomic mass is 16.3. The molecule has 6 heteroatoms. The van der Waals surface area contributed by atoms with Gasteiger partial charge in [-0.3, -0.25) is 14.6 Å². The highest BCUT2D eigenvalue weighted by Crippen LogP contribution is 2.40. The maximum Gasteiger partial charge on any atom is 0.257 e. The minimum absolute atomic E-state index is 0.0164. The van der Waals surface area contributed by atoms with Crippen LogP contribution in [-0.2, 0) is 11.3 Å². The Balaban J connectivity index is 1.50. The third-order valence-electron chi connectivity index (χ3n) is 5.91. The number of amides is 2. The number of benzene rings is 1. The lowest BCUT2D eigenvalue weighted by atomic mass is 9.73. The van der Waals surface area contributed by atoms with Gasteiger partial charge in [-0.1, -0.05) is 18.2 Å². The topological polar surface area (TPSA) is 73.7 Å². The molecule has 28 heavy (non-hydrogen) atoms. The molecular weight excluding hydrogens is 354 g/mol. The van der Waals surface area contributed by atoms with E-state index in [1.807, 2.05) is 28.0 Å². The smallest absolute Gasteiger partial charge is 0.257 e. The van der Waals surface area contributed by atoms with E-state index in [1.54, 1.807) is 30.5 Å². The fourth-order valence-electron chi connectivity index (χ4n) is 4.47. The number of pyridine rings is 1. The lowest BCUT2D eigenvalue weighted by Crippen LogP contribution is -2.54. The van der Waals surface area contributed by atoms with Crippen LogP contribution >= 0.6 is 0 Å². The average molecular weight is 379 g/mol. The van der Waals surface area contributed by atoms with Gasteiger partial charge < -0.3 is 14.9 Å². The number of para-hydroxylation sites is 1. The first-order valence-corrected chi connectivity index (χ1v) is 9.81. The van der Waals surface area contributed by atoms with Crippen molar-refractivity contribution in [3.8, 4) is 5.75 Å². The van der Waals surface area contributed by atoms with Crippen LogP contribution in [0.3, 0.4) is 0 Å². The van der Waals surface area contributed by atoms with Crippen molar-refractivity contribution in [2.45, 2.75) is 32.2 Å². The van der Waals surface area contributed by atoms with Gasteiger partial charge in [-0.25, -0.2) is 0 Å². The Bertz CT molecular complexity index is 870. The number of rotatable bonds is 3. The van der Waals surface area contributed by atoms with Crippen LogP contribution in [0.25, 0.3) is 0 Å². The van der Waals surface area contributed by atoms with Gasteiger partial charge in [0.05, 0.1) is 17.8 Å². The first-order chi connectivity index (χ1) is 13.6. The van der Waals surface area contributed by atoms with Crippen LogP contribution in [-0.4, -0.2) is 51.3 Å². The van der Waals surface area contributed by atoms with E-state index in [0.29, 0.717) is 38.2 Å². The molecule has 3 heterocycles. The molecule has 0 aliphatic carbocycles. The Morgan fingerprint density at radius 2 is 1.93 bits per heavy atom. The second kappa shape index (κ2) is 7.62. The van der Waals surface area contributed by atoms with Gasteiger partial charge in [0.15, 0.2) is 0 Å². The van der Waals surface area contributed by atoms with Crippen LogP contribution in [0.5, 0.6) is 5.75 Å². The molecule has 2 saturated heterocycles. The van der Waals surface area contributed by atoms with E-state index in [9.17, 15) is 14.7 Å². The van der Waals surface area contributed by atoms with Gasteiger partial charge in [-0.05, 0) is 43.5 Å². The number of carbonyl (C=O) groups excluding carboxylic acids is 2. The number of phenols is 1. The minimum Gasteiger partial charge on any atom is -0.507 e. The molecule has 146 valence electrons. The number of carbonyl (C=O) groups is 2. The molecule has 2 aliphatic rings. The van der Waals surface area contributed by atoms with Gasteiger partial charge in [0.1, 0.15) is 5.75 Å². The number of likely N-dealkylation sites (tertiary alicyclic amines) is 2. The number of aromatic hydroxyl groups is 1. The predicted molar refractivity (Wildman–Crippen MR) is 105 cm³/mol. The first kappa shape index (κ1) is 18.5. The third-order valence-corrected chi connectivity index (χ3v) is 5.91. The van der Waals surface area contributed by atoms with Crippen LogP contribution in [0, 0.1) is 5.41 Å². The van der Waals surface area contributed by atoms with Gasteiger partial charge >= 0.3 is 0 Å². The third kappa shape index (κ3) is 3.72. The molecule has 0 unspecified atom stereocenters. The predicted octanol–water partition coefficient (Wildman–Crippen LogP) is 2.83.